The van der Waals surface area contributed by atoms with Gasteiger partial charge >= 0.3 is 0 Å². The van der Waals surface area contributed by atoms with E-state index in [-0.39, 0.29) is 11.3 Å². The van der Waals surface area contributed by atoms with Crippen LogP contribution in [0.15, 0.2) is 18.2 Å². The van der Waals surface area contributed by atoms with Crippen LogP contribution in [0, 0.1) is 0 Å². The van der Waals surface area contributed by atoms with Gasteiger partial charge in [-0.15, -0.1) is 11.6 Å². The molecular weight excluding hydrogens is 280 g/mol. The number of nitrogens with one attached hydrogen (secondary N) is 1. The van der Waals surface area contributed by atoms with Gasteiger partial charge in [-0.2, -0.15) is 0 Å². The molecule has 94 valence electrons. The van der Waals surface area contributed by atoms with E-state index in [1.165, 1.54) is 0 Å². The highest BCUT2D eigenvalue weighted by molar-refractivity contribution is 6.35. The molecule has 0 aliphatic heterocycles. The molecular formula is C12H14Cl3NO. The second-order valence-electron chi connectivity index (χ2n) is 3.80. The van der Waals surface area contributed by atoms with Crippen molar-refractivity contribution in [1.82, 2.24) is 5.32 Å². The maximum atomic E-state index is 11.8. The van der Waals surface area contributed by atoms with Crippen LogP contribution >= 0.6 is 34.8 Å². The van der Waals surface area contributed by atoms with Crippen molar-refractivity contribution in [2.45, 2.75) is 25.1 Å². The third-order valence-electron chi connectivity index (χ3n) is 2.24. The highest BCUT2D eigenvalue weighted by Crippen LogP contribution is 2.20. The molecule has 1 aromatic carbocycles. The zero-order chi connectivity index (χ0) is 12.8. The van der Waals surface area contributed by atoms with E-state index < -0.39 is 0 Å². The Morgan fingerprint density at radius 3 is 2.76 bits per heavy atom. The van der Waals surface area contributed by atoms with Crippen molar-refractivity contribution >= 4 is 40.7 Å². The highest BCUT2D eigenvalue weighted by Gasteiger charge is 2.10. The molecule has 0 radical (unpaired) electrons. The summed E-state index contributed by atoms with van der Waals surface area (Å²) in [5.41, 5.74) is 0.401. The minimum absolute atomic E-state index is 0.127. The van der Waals surface area contributed by atoms with E-state index in [1.54, 1.807) is 18.2 Å². The normalized spacial score (nSPS) is 12.2. The Hall–Kier alpha value is -0.440. The molecule has 2 nitrogen and oxygen atoms in total. The quantitative estimate of drug-likeness (QED) is 0.642. The molecule has 1 N–H and O–H groups in total. The van der Waals surface area contributed by atoms with E-state index in [1.807, 2.05) is 6.92 Å². The van der Waals surface area contributed by atoms with Gasteiger partial charge in [0.15, 0.2) is 0 Å². The number of halogens is 3. The zero-order valence-electron chi connectivity index (χ0n) is 9.47. The maximum absolute atomic E-state index is 11.8. The molecule has 5 heteroatoms. The smallest absolute Gasteiger partial charge is 0.252 e. The Labute approximate surface area is 116 Å². The van der Waals surface area contributed by atoms with Gasteiger partial charge in [0, 0.05) is 16.9 Å². The molecule has 1 unspecified atom stereocenters. The lowest BCUT2D eigenvalue weighted by atomic mass is 10.2. The van der Waals surface area contributed by atoms with E-state index in [2.05, 4.69) is 5.32 Å². The van der Waals surface area contributed by atoms with Gasteiger partial charge in [-0.3, -0.25) is 4.79 Å². The van der Waals surface area contributed by atoms with Gasteiger partial charge in [-0.25, -0.2) is 0 Å². The summed E-state index contributed by atoms with van der Waals surface area (Å²) in [5.74, 6) is -0.209. The van der Waals surface area contributed by atoms with E-state index in [0.29, 0.717) is 22.2 Å². The Kier molecular flexibility index (Phi) is 6.10. The van der Waals surface area contributed by atoms with Crippen LogP contribution in [0.4, 0.5) is 0 Å². The number of rotatable bonds is 5. The van der Waals surface area contributed by atoms with Gasteiger partial charge in [-0.05, 0) is 38.0 Å². The third-order valence-corrected chi connectivity index (χ3v) is 3.02. The first-order chi connectivity index (χ1) is 8.00. The van der Waals surface area contributed by atoms with Crippen LogP contribution in [-0.4, -0.2) is 17.8 Å². The largest absolute Gasteiger partial charge is 0.352 e. The fourth-order valence-corrected chi connectivity index (χ4v) is 1.88. The van der Waals surface area contributed by atoms with Crippen molar-refractivity contribution in [3.8, 4) is 0 Å². The Balaban J connectivity index is 2.49. The molecule has 0 heterocycles. The summed E-state index contributed by atoms with van der Waals surface area (Å²) in [5, 5.41) is 3.80. The maximum Gasteiger partial charge on any atom is 0.252 e. The minimum Gasteiger partial charge on any atom is -0.352 e. The first-order valence-electron chi connectivity index (χ1n) is 5.38. The minimum atomic E-state index is -0.209. The predicted octanol–water partition coefficient (Wildman–Crippen LogP) is 4.13. The molecule has 0 saturated carbocycles. The SMILES string of the molecule is CC(Cl)CCCNC(=O)c1cc(Cl)ccc1Cl. The lowest BCUT2D eigenvalue weighted by molar-refractivity contribution is 0.0953. The summed E-state index contributed by atoms with van der Waals surface area (Å²) in [6.45, 7) is 2.51. The van der Waals surface area contributed by atoms with Crippen molar-refractivity contribution in [3.05, 3.63) is 33.8 Å². The second kappa shape index (κ2) is 7.10. The molecule has 0 aromatic heterocycles. The van der Waals surface area contributed by atoms with Crippen LogP contribution in [0.5, 0.6) is 0 Å². The van der Waals surface area contributed by atoms with Crippen molar-refractivity contribution in [2.75, 3.05) is 6.54 Å². The standard InChI is InChI=1S/C12H14Cl3NO/c1-8(13)3-2-6-16-12(17)10-7-9(14)4-5-11(10)15/h4-5,7-8H,2-3,6H2,1H3,(H,16,17). The number of hydrogen-bond acceptors (Lipinski definition) is 1. The monoisotopic (exact) mass is 293 g/mol. The fraction of sp³-hybridized carbons (Fsp3) is 0.417. The molecule has 0 spiro atoms. The molecule has 1 rings (SSSR count). The highest BCUT2D eigenvalue weighted by atomic mass is 35.5. The Morgan fingerprint density at radius 2 is 2.12 bits per heavy atom. The van der Waals surface area contributed by atoms with Crippen LogP contribution < -0.4 is 5.32 Å². The molecule has 1 atom stereocenters. The zero-order valence-corrected chi connectivity index (χ0v) is 11.7. The third kappa shape index (κ3) is 5.15. The molecule has 0 aliphatic rings. The number of carbonyl (C=O) groups is 1. The van der Waals surface area contributed by atoms with Gasteiger partial charge < -0.3 is 5.32 Å². The first-order valence-corrected chi connectivity index (χ1v) is 6.57. The lowest BCUT2D eigenvalue weighted by Crippen LogP contribution is -2.25. The summed E-state index contributed by atoms with van der Waals surface area (Å²) < 4.78 is 0. The van der Waals surface area contributed by atoms with Crippen molar-refractivity contribution in [1.29, 1.82) is 0 Å². The van der Waals surface area contributed by atoms with Gasteiger partial charge in [0.25, 0.3) is 5.91 Å². The molecule has 1 amide bonds. The van der Waals surface area contributed by atoms with Crippen LogP contribution in [-0.2, 0) is 0 Å². The van der Waals surface area contributed by atoms with Crippen LogP contribution in [0.2, 0.25) is 10.0 Å². The average molecular weight is 295 g/mol. The molecule has 0 saturated heterocycles. The lowest BCUT2D eigenvalue weighted by Gasteiger charge is -2.07. The number of benzene rings is 1. The first kappa shape index (κ1) is 14.6. The summed E-state index contributed by atoms with van der Waals surface area (Å²) in [4.78, 5) is 11.8. The number of alkyl halides is 1. The van der Waals surface area contributed by atoms with Crippen LogP contribution in [0.1, 0.15) is 30.1 Å². The summed E-state index contributed by atoms with van der Waals surface area (Å²) in [6.07, 6.45) is 1.71. The van der Waals surface area contributed by atoms with Crippen LogP contribution in [0.3, 0.4) is 0 Å². The topological polar surface area (TPSA) is 29.1 Å². The molecule has 0 fully saturated rings. The van der Waals surface area contributed by atoms with Crippen molar-refractivity contribution in [2.24, 2.45) is 0 Å². The van der Waals surface area contributed by atoms with E-state index in [9.17, 15) is 4.79 Å². The molecule has 1 aromatic rings. The average Bonchev–Trinajstić information content (AvgIpc) is 2.27. The van der Waals surface area contributed by atoms with Gasteiger partial charge in [0.1, 0.15) is 0 Å². The van der Waals surface area contributed by atoms with E-state index in [0.717, 1.165) is 12.8 Å². The second-order valence-corrected chi connectivity index (χ2v) is 5.39. The van der Waals surface area contributed by atoms with Gasteiger partial charge in [0.05, 0.1) is 10.6 Å². The summed E-state index contributed by atoms with van der Waals surface area (Å²) >= 11 is 17.5. The summed E-state index contributed by atoms with van der Waals surface area (Å²) in [6, 6.07) is 4.82. The Morgan fingerprint density at radius 1 is 1.41 bits per heavy atom. The number of hydrogen-bond donors (Lipinski definition) is 1. The molecule has 17 heavy (non-hydrogen) atoms. The van der Waals surface area contributed by atoms with E-state index in [4.69, 9.17) is 34.8 Å². The van der Waals surface area contributed by atoms with Crippen LogP contribution in [0.25, 0.3) is 0 Å². The molecule has 0 bridgehead atoms. The molecule has 0 aliphatic carbocycles. The number of amides is 1. The van der Waals surface area contributed by atoms with Gasteiger partial charge in [-0.1, -0.05) is 23.2 Å². The fourth-order valence-electron chi connectivity index (χ4n) is 1.35. The predicted molar refractivity (Wildman–Crippen MR) is 73.3 cm³/mol. The summed E-state index contributed by atoms with van der Waals surface area (Å²) in [7, 11) is 0. The van der Waals surface area contributed by atoms with Crippen molar-refractivity contribution < 1.29 is 4.79 Å². The Bertz CT molecular complexity index is 393. The number of carbonyl (C=O) groups excluding carboxylic acids is 1. The van der Waals surface area contributed by atoms with E-state index >= 15 is 0 Å². The van der Waals surface area contributed by atoms with Crippen molar-refractivity contribution in [3.63, 3.8) is 0 Å². The van der Waals surface area contributed by atoms with Gasteiger partial charge in [0.2, 0.25) is 0 Å².